The van der Waals surface area contributed by atoms with Gasteiger partial charge in [-0.25, -0.2) is 0 Å². The van der Waals surface area contributed by atoms with E-state index in [1.54, 1.807) is 24.3 Å². The number of rotatable bonds is 7. The lowest BCUT2D eigenvalue weighted by molar-refractivity contribution is 0.0889. The van der Waals surface area contributed by atoms with Crippen molar-refractivity contribution in [1.82, 2.24) is 0 Å². The highest BCUT2D eigenvalue weighted by molar-refractivity contribution is 6.58. The molecule has 0 aliphatic heterocycles. The first-order chi connectivity index (χ1) is 10.1. The highest BCUT2D eigenvalue weighted by atomic mass is 35.5. The Bertz CT molecular complexity index is 560. The van der Waals surface area contributed by atoms with Gasteiger partial charge in [-0.05, 0) is 35.3 Å². The van der Waals surface area contributed by atoms with E-state index in [-0.39, 0.29) is 0 Å². The Kier molecular flexibility index (Phi) is 6.08. The lowest BCUT2D eigenvalue weighted by atomic mass is 9.80. The van der Waals surface area contributed by atoms with Crippen molar-refractivity contribution in [1.29, 1.82) is 0 Å². The number of hydrogen-bond acceptors (Lipinski definition) is 4. The number of halogens is 1. The quantitative estimate of drug-likeness (QED) is 0.603. The monoisotopic (exact) mass is 306 g/mol. The zero-order valence-corrected chi connectivity index (χ0v) is 12.2. The molecule has 0 aromatic heterocycles. The first-order valence-corrected chi connectivity index (χ1v) is 6.94. The maximum atomic E-state index is 9.07. The summed E-state index contributed by atoms with van der Waals surface area (Å²) in [6, 6.07) is 14.1. The van der Waals surface area contributed by atoms with Crippen LogP contribution in [0.2, 0.25) is 5.02 Å². The minimum absolute atomic E-state index is 0.387. The van der Waals surface area contributed by atoms with Crippen molar-refractivity contribution in [3.8, 4) is 5.75 Å². The van der Waals surface area contributed by atoms with Crippen LogP contribution in [0.1, 0.15) is 5.56 Å². The summed E-state index contributed by atoms with van der Waals surface area (Å²) in [4.78, 5) is 0. The fourth-order valence-corrected chi connectivity index (χ4v) is 1.88. The van der Waals surface area contributed by atoms with E-state index in [1.165, 1.54) is 0 Å². The summed E-state index contributed by atoms with van der Waals surface area (Å²) in [6.45, 7) is 1.32. The molecular formula is C15H16BClO4. The third-order valence-corrected chi connectivity index (χ3v) is 3.09. The fourth-order valence-electron chi connectivity index (χ4n) is 1.75. The van der Waals surface area contributed by atoms with Crippen LogP contribution < -0.4 is 10.2 Å². The van der Waals surface area contributed by atoms with Gasteiger partial charge in [0.1, 0.15) is 12.4 Å². The van der Waals surface area contributed by atoms with E-state index in [0.717, 1.165) is 5.56 Å². The van der Waals surface area contributed by atoms with Gasteiger partial charge in [-0.1, -0.05) is 35.9 Å². The van der Waals surface area contributed by atoms with Gasteiger partial charge >= 0.3 is 7.12 Å². The number of ether oxygens (including phenoxy) is 2. The van der Waals surface area contributed by atoms with E-state index in [4.69, 9.17) is 31.1 Å². The van der Waals surface area contributed by atoms with Gasteiger partial charge in [0.25, 0.3) is 0 Å². The van der Waals surface area contributed by atoms with Crippen molar-refractivity contribution in [3.05, 3.63) is 59.1 Å². The summed E-state index contributed by atoms with van der Waals surface area (Å²) in [5.74, 6) is 0.579. The van der Waals surface area contributed by atoms with Crippen LogP contribution in [0.4, 0.5) is 0 Å². The molecule has 0 aliphatic rings. The fraction of sp³-hybridized carbons (Fsp3) is 0.200. The molecular weight excluding hydrogens is 290 g/mol. The van der Waals surface area contributed by atoms with E-state index in [1.807, 2.05) is 24.3 Å². The highest BCUT2D eigenvalue weighted by Gasteiger charge is 2.10. The summed E-state index contributed by atoms with van der Waals surface area (Å²) < 4.78 is 11.0. The molecule has 4 nitrogen and oxygen atoms in total. The van der Waals surface area contributed by atoms with Gasteiger partial charge in [0.15, 0.2) is 0 Å². The Balaban J connectivity index is 1.70. The number of benzene rings is 2. The van der Waals surface area contributed by atoms with Crippen LogP contribution in [0.5, 0.6) is 5.75 Å². The van der Waals surface area contributed by atoms with Gasteiger partial charge in [-0.2, -0.15) is 0 Å². The normalized spacial score (nSPS) is 10.4. The summed E-state index contributed by atoms with van der Waals surface area (Å²) >= 11 is 5.80. The molecule has 0 fully saturated rings. The molecule has 2 N–H and O–H groups in total. The van der Waals surface area contributed by atoms with E-state index in [9.17, 15) is 0 Å². The molecule has 0 aliphatic carbocycles. The van der Waals surface area contributed by atoms with Gasteiger partial charge < -0.3 is 19.5 Å². The first kappa shape index (κ1) is 15.9. The second-order valence-electron chi connectivity index (χ2n) is 4.47. The molecule has 0 spiro atoms. The lowest BCUT2D eigenvalue weighted by Crippen LogP contribution is -2.29. The van der Waals surface area contributed by atoms with Crippen LogP contribution in [0.3, 0.4) is 0 Å². The minimum Gasteiger partial charge on any atom is -0.491 e. The maximum absolute atomic E-state index is 9.07. The molecule has 2 aromatic rings. The summed E-state index contributed by atoms with van der Waals surface area (Å²) in [5, 5.41) is 18.8. The van der Waals surface area contributed by atoms with Gasteiger partial charge in [-0.3, -0.25) is 0 Å². The van der Waals surface area contributed by atoms with Gasteiger partial charge in [0, 0.05) is 5.02 Å². The Hall–Kier alpha value is -1.53. The van der Waals surface area contributed by atoms with Crippen molar-refractivity contribution in [2.24, 2.45) is 0 Å². The Morgan fingerprint density at radius 1 is 1.00 bits per heavy atom. The summed E-state index contributed by atoms with van der Waals surface area (Å²) in [6.07, 6.45) is 0. The molecule has 0 saturated heterocycles. The van der Waals surface area contributed by atoms with Crippen LogP contribution in [0.15, 0.2) is 48.5 Å². The average molecular weight is 307 g/mol. The largest absolute Gasteiger partial charge is 0.491 e. The standard InChI is InChI=1S/C15H16BClO4/c17-14-6-4-12(5-7-14)11-20-8-9-21-15-3-1-2-13(10-15)16(18)19/h1-7,10,18-19H,8-9,11H2. The van der Waals surface area contributed by atoms with Crippen LogP contribution in [0.25, 0.3) is 0 Å². The van der Waals surface area contributed by atoms with E-state index < -0.39 is 7.12 Å². The summed E-state index contributed by atoms with van der Waals surface area (Å²) in [5.41, 5.74) is 1.44. The van der Waals surface area contributed by atoms with Crippen molar-refractivity contribution < 1.29 is 19.5 Å². The van der Waals surface area contributed by atoms with Crippen LogP contribution in [-0.2, 0) is 11.3 Å². The van der Waals surface area contributed by atoms with Crippen molar-refractivity contribution in [2.45, 2.75) is 6.61 Å². The van der Waals surface area contributed by atoms with E-state index >= 15 is 0 Å². The van der Waals surface area contributed by atoms with Crippen molar-refractivity contribution in [2.75, 3.05) is 13.2 Å². The molecule has 2 rings (SSSR count). The third-order valence-electron chi connectivity index (χ3n) is 2.83. The zero-order valence-electron chi connectivity index (χ0n) is 11.4. The predicted molar refractivity (Wildman–Crippen MR) is 82.9 cm³/mol. The molecule has 0 bridgehead atoms. The van der Waals surface area contributed by atoms with E-state index in [0.29, 0.717) is 36.1 Å². The third kappa shape index (κ3) is 5.40. The average Bonchev–Trinajstić information content (AvgIpc) is 2.49. The molecule has 2 aromatic carbocycles. The molecule has 0 atom stereocenters. The van der Waals surface area contributed by atoms with E-state index in [2.05, 4.69) is 0 Å². The van der Waals surface area contributed by atoms with Crippen LogP contribution in [-0.4, -0.2) is 30.4 Å². The Labute approximate surface area is 129 Å². The smallest absolute Gasteiger partial charge is 0.488 e. The molecule has 0 amide bonds. The van der Waals surface area contributed by atoms with Crippen molar-refractivity contribution in [3.63, 3.8) is 0 Å². The second kappa shape index (κ2) is 8.05. The molecule has 0 radical (unpaired) electrons. The molecule has 0 unspecified atom stereocenters. The Morgan fingerprint density at radius 3 is 2.48 bits per heavy atom. The summed E-state index contributed by atoms with van der Waals surface area (Å²) in [7, 11) is -1.49. The first-order valence-electron chi connectivity index (χ1n) is 6.56. The molecule has 6 heteroatoms. The lowest BCUT2D eigenvalue weighted by Gasteiger charge is -2.08. The SMILES string of the molecule is OB(O)c1cccc(OCCOCc2ccc(Cl)cc2)c1. The zero-order chi connectivity index (χ0) is 15.1. The maximum Gasteiger partial charge on any atom is 0.488 e. The topological polar surface area (TPSA) is 58.9 Å². The molecule has 110 valence electrons. The van der Waals surface area contributed by atoms with Crippen LogP contribution >= 0.6 is 11.6 Å². The van der Waals surface area contributed by atoms with Gasteiger partial charge in [0.05, 0.1) is 13.2 Å². The van der Waals surface area contributed by atoms with Crippen molar-refractivity contribution >= 4 is 24.2 Å². The molecule has 0 heterocycles. The predicted octanol–water partition coefficient (Wildman–Crippen LogP) is 1.62. The Morgan fingerprint density at radius 2 is 1.76 bits per heavy atom. The molecule has 0 saturated carbocycles. The van der Waals surface area contributed by atoms with Gasteiger partial charge in [0.2, 0.25) is 0 Å². The van der Waals surface area contributed by atoms with Gasteiger partial charge in [-0.15, -0.1) is 0 Å². The second-order valence-corrected chi connectivity index (χ2v) is 4.91. The number of hydrogen-bond donors (Lipinski definition) is 2. The minimum atomic E-state index is -1.49. The van der Waals surface area contributed by atoms with Crippen LogP contribution in [0, 0.1) is 0 Å². The highest BCUT2D eigenvalue weighted by Crippen LogP contribution is 2.10. The molecule has 21 heavy (non-hydrogen) atoms.